The van der Waals surface area contributed by atoms with Gasteiger partial charge in [0.2, 0.25) is 0 Å². The highest BCUT2D eigenvalue weighted by molar-refractivity contribution is 7.99. The summed E-state index contributed by atoms with van der Waals surface area (Å²) < 4.78 is 5.87. The molecule has 1 unspecified atom stereocenters. The fraction of sp³-hybridized carbons (Fsp3) is 0.929. The minimum absolute atomic E-state index is 0.112. The molecule has 2 nitrogen and oxygen atoms in total. The fourth-order valence-electron chi connectivity index (χ4n) is 2.74. The molecule has 3 heteroatoms. The Labute approximate surface area is 109 Å². The molecule has 0 radical (unpaired) electrons. The maximum absolute atomic E-state index is 12.1. The van der Waals surface area contributed by atoms with Gasteiger partial charge in [-0.3, -0.25) is 4.79 Å². The zero-order valence-electron chi connectivity index (χ0n) is 11.0. The van der Waals surface area contributed by atoms with E-state index in [1.54, 1.807) is 11.8 Å². The van der Waals surface area contributed by atoms with E-state index < -0.39 is 0 Å². The zero-order chi connectivity index (χ0) is 12.3. The van der Waals surface area contributed by atoms with Gasteiger partial charge in [-0.05, 0) is 43.8 Å². The third-order valence-corrected chi connectivity index (χ3v) is 5.30. The summed E-state index contributed by atoms with van der Waals surface area (Å²) in [4.78, 5) is 12.1. The van der Waals surface area contributed by atoms with Gasteiger partial charge in [-0.1, -0.05) is 13.8 Å². The van der Waals surface area contributed by atoms with Gasteiger partial charge in [0, 0.05) is 12.5 Å². The van der Waals surface area contributed by atoms with Crippen LogP contribution in [-0.4, -0.2) is 29.5 Å². The number of carbonyl (C=O) groups excluding carboxylic acids is 1. The number of carbonyl (C=O) groups is 1. The summed E-state index contributed by atoms with van der Waals surface area (Å²) in [5.41, 5.74) is 0.112. The Kier molecular flexibility index (Phi) is 4.53. The highest BCUT2D eigenvalue weighted by Gasteiger charge is 2.43. The molecule has 2 fully saturated rings. The maximum atomic E-state index is 12.1. The number of hydrogen-bond donors (Lipinski definition) is 0. The van der Waals surface area contributed by atoms with Crippen LogP contribution < -0.4 is 0 Å². The predicted octanol–water partition coefficient (Wildman–Crippen LogP) is 3.29. The number of rotatable bonds is 5. The first-order valence-corrected chi connectivity index (χ1v) is 8.01. The Balaban J connectivity index is 1.75. The van der Waals surface area contributed by atoms with Gasteiger partial charge < -0.3 is 4.74 Å². The van der Waals surface area contributed by atoms with Crippen LogP contribution in [0.3, 0.4) is 0 Å². The molecule has 1 aliphatic heterocycles. The van der Waals surface area contributed by atoms with E-state index in [9.17, 15) is 4.79 Å². The number of ether oxygens (including phenoxy) is 1. The van der Waals surface area contributed by atoms with E-state index >= 15 is 0 Å². The van der Waals surface area contributed by atoms with E-state index in [4.69, 9.17) is 4.74 Å². The quantitative estimate of drug-likeness (QED) is 0.755. The summed E-state index contributed by atoms with van der Waals surface area (Å²) in [5, 5.41) is 0. The van der Waals surface area contributed by atoms with Crippen molar-refractivity contribution in [1.29, 1.82) is 0 Å². The predicted molar refractivity (Wildman–Crippen MR) is 72.4 cm³/mol. The van der Waals surface area contributed by atoms with Crippen molar-refractivity contribution >= 4 is 17.5 Å². The Bertz CT molecular complexity index is 271. The van der Waals surface area contributed by atoms with E-state index in [1.807, 2.05) is 0 Å². The van der Waals surface area contributed by atoms with Crippen molar-refractivity contribution in [1.82, 2.24) is 0 Å². The molecule has 1 spiro atoms. The van der Waals surface area contributed by atoms with Gasteiger partial charge in [-0.2, -0.15) is 11.8 Å². The van der Waals surface area contributed by atoms with Crippen LogP contribution in [0.15, 0.2) is 0 Å². The summed E-state index contributed by atoms with van der Waals surface area (Å²) in [6.45, 7) is 5.20. The van der Waals surface area contributed by atoms with Crippen molar-refractivity contribution in [3.05, 3.63) is 0 Å². The SMILES string of the molecule is CC(C)CSCC(=O)C1CCOC2(CCC2)C1. The van der Waals surface area contributed by atoms with Gasteiger partial charge in [0.15, 0.2) is 0 Å². The Morgan fingerprint density at radius 1 is 1.47 bits per heavy atom. The van der Waals surface area contributed by atoms with Gasteiger partial charge >= 0.3 is 0 Å². The molecule has 2 aliphatic rings. The molecule has 98 valence electrons. The van der Waals surface area contributed by atoms with Crippen LogP contribution in [0.5, 0.6) is 0 Å². The first kappa shape index (κ1) is 13.4. The van der Waals surface area contributed by atoms with Crippen LogP contribution in [0.2, 0.25) is 0 Å². The van der Waals surface area contributed by atoms with Crippen molar-refractivity contribution in [2.24, 2.45) is 11.8 Å². The summed E-state index contributed by atoms with van der Waals surface area (Å²) in [6.07, 6.45) is 5.58. The molecule has 2 rings (SSSR count). The molecule has 1 heterocycles. The van der Waals surface area contributed by atoms with Crippen molar-refractivity contribution in [3.8, 4) is 0 Å². The fourth-order valence-corrected chi connectivity index (χ4v) is 3.76. The molecular formula is C14H24O2S. The number of thioether (sulfide) groups is 1. The molecule has 0 N–H and O–H groups in total. The largest absolute Gasteiger partial charge is 0.375 e. The van der Waals surface area contributed by atoms with Gasteiger partial charge in [0.05, 0.1) is 11.4 Å². The van der Waals surface area contributed by atoms with Crippen LogP contribution in [0.4, 0.5) is 0 Å². The monoisotopic (exact) mass is 256 g/mol. The van der Waals surface area contributed by atoms with Crippen molar-refractivity contribution < 1.29 is 9.53 Å². The first-order valence-electron chi connectivity index (χ1n) is 6.86. The van der Waals surface area contributed by atoms with Gasteiger partial charge in [0.1, 0.15) is 5.78 Å². The molecular weight excluding hydrogens is 232 g/mol. The number of Topliss-reactive ketones (excluding diaryl/α,β-unsaturated/α-hetero) is 1. The van der Waals surface area contributed by atoms with E-state index in [-0.39, 0.29) is 11.5 Å². The van der Waals surface area contributed by atoms with Crippen LogP contribution in [0.1, 0.15) is 46.0 Å². The third kappa shape index (κ3) is 3.47. The molecule has 0 aromatic rings. The van der Waals surface area contributed by atoms with Gasteiger partial charge in [-0.15, -0.1) is 0 Å². The molecule has 1 aliphatic carbocycles. The average molecular weight is 256 g/mol. The lowest BCUT2D eigenvalue weighted by molar-refractivity contribution is -0.154. The summed E-state index contributed by atoms with van der Waals surface area (Å²) in [7, 11) is 0. The second kappa shape index (κ2) is 5.75. The molecule has 0 bridgehead atoms. The molecule has 1 saturated carbocycles. The second-order valence-corrected chi connectivity index (χ2v) is 6.98. The first-order chi connectivity index (χ1) is 8.11. The molecule has 17 heavy (non-hydrogen) atoms. The normalized spacial score (nSPS) is 27.1. The Hall–Kier alpha value is -0.0200. The molecule has 1 saturated heterocycles. The lowest BCUT2D eigenvalue weighted by Crippen LogP contribution is -2.47. The Morgan fingerprint density at radius 2 is 2.24 bits per heavy atom. The van der Waals surface area contributed by atoms with Crippen LogP contribution in [0.25, 0.3) is 0 Å². The minimum atomic E-state index is 0.112. The molecule has 1 atom stereocenters. The summed E-state index contributed by atoms with van der Waals surface area (Å²) in [5.74, 6) is 3.23. The van der Waals surface area contributed by atoms with Gasteiger partial charge in [-0.25, -0.2) is 0 Å². The van der Waals surface area contributed by atoms with Gasteiger partial charge in [0.25, 0.3) is 0 Å². The molecule has 0 amide bonds. The summed E-state index contributed by atoms with van der Waals surface area (Å²) >= 11 is 1.80. The van der Waals surface area contributed by atoms with Crippen molar-refractivity contribution in [2.45, 2.75) is 51.6 Å². The maximum Gasteiger partial charge on any atom is 0.146 e. The topological polar surface area (TPSA) is 26.3 Å². The second-order valence-electron chi connectivity index (χ2n) is 5.95. The molecule has 0 aromatic carbocycles. The summed E-state index contributed by atoms with van der Waals surface area (Å²) in [6, 6.07) is 0. The van der Waals surface area contributed by atoms with Crippen LogP contribution >= 0.6 is 11.8 Å². The van der Waals surface area contributed by atoms with Crippen LogP contribution in [0, 0.1) is 11.8 Å². The van der Waals surface area contributed by atoms with Crippen molar-refractivity contribution in [2.75, 3.05) is 18.1 Å². The number of hydrogen-bond acceptors (Lipinski definition) is 3. The van der Waals surface area contributed by atoms with E-state index in [0.29, 0.717) is 17.5 Å². The standard InChI is InChI=1S/C14H24O2S/c1-11(2)9-17-10-13(15)12-4-7-16-14(8-12)5-3-6-14/h11-12H,3-10H2,1-2H3. The minimum Gasteiger partial charge on any atom is -0.375 e. The lowest BCUT2D eigenvalue weighted by Gasteiger charge is -2.46. The number of ketones is 1. The Morgan fingerprint density at radius 3 is 2.82 bits per heavy atom. The average Bonchev–Trinajstić information content (AvgIpc) is 2.26. The highest BCUT2D eigenvalue weighted by atomic mass is 32.2. The zero-order valence-corrected chi connectivity index (χ0v) is 11.9. The lowest BCUT2D eigenvalue weighted by atomic mass is 9.71. The van der Waals surface area contributed by atoms with Crippen molar-refractivity contribution in [3.63, 3.8) is 0 Å². The molecule has 0 aromatic heterocycles. The highest BCUT2D eigenvalue weighted by Crippen LogP contribution is 2.44. The third-order valence-electron chi connectivity index (χ3n) is 3.91. The van der Waals surface area contributed by atoms with E-state index in [2.05, 4.69) is 13.8 Å². The smallest absolute Gasteiger partial charge is 0.146 e. The van der Waals surface area contributed by atoms with E-state index in [1.165, 1.54) is 19.3 Å². The van der Waals surface area contributed by atoms with E-state index in [0.717, 1.165) is 25.2 Å². The van der Waals surface area contributed by atoms with Crippen LogP contribution in [-0.2, 0) is 9.53 Å².